The minimum Gasteiger partial charge on any atom is -0.433 e. The van der Waals surface area contributed by atoms with Gasteiger partial charge in [-0.25, -0.2) is 9.37 Å². The van der Waals surface area contributed by atoms with E-state index in [1.807, 2.05) is 36.1 Å². The van der Waals surface area contributed by atoms with Crippen molar-refractivity contribution in [1.29, 1.82) is 0 Å². The fraction of sp³-hybridized carbons (Fsp3) is 0.269. The highest BCUT2D eigenvalue weighted by Crippen LogP contribution is 2.35. The molecule has 3 aromatic rings. The maximum Gasteiger partial charge on any atom is 0.261 e. The van der Waals surface area contributed by atoms with Crippen molar-refractivity contribution in [1.82, 2.24) is 14.9 Å². The fourth-order valence-electron chi connectivity index (χ4n) is 4.39. The Kier molecular flexibility index (Phi) is 6.07. The number of benzene rings is 2. The first-order valence-electron chi connectivity index (χ1n) is 11.4. The van der Waals surface area contributed by atoms with Crippen LogP contribution in [0, 0.1) is 11.6 Å². The standard InChI is InChI=1S/C26H25F2N5O2/c1-16-13-18-3-8-22(23(27)21(18)14-16)35-26-24(28)25(29-15-30-26)31-19-4-6-20(7-5-19)33-11-9-32(10-12-33)17(2)34/h3-8,14-15H,9-13H2,1-2H3,(H,29,30,31). The van der Waals surface area contributed by atoms with E-state index < -0.39 is 11.6 Å². The number of carbonyl (C=O) groups excluding carboxylic acids is 1. The summed E-state index contributed by atoms with van der Waals surface area (Å²) in [5, 5.41) is 2.93. The second-order valence-corrected chi connectivity index (χ2v) is 8.73. The maximum absolute atomic E-state index is 15.1. The van der Waals surface area contributed by atoms with Gasteiger partial charge in [-0.1, -0.05) is 17.7 Å². The zero-order chi connectivity index (χ0) is 24.5. The van der Waals surface area contributed by atoms with Crippen LogP contribution in [0.5, 0.6) is 11.6 Å². The van der Waals surface area contributed by atoms with Crippen molar-refractivity contribution in [3.8, 4) is 11.6 Å². The summed E-state index contributed by atoms with van der Waals surface area (Å²) in [6.45, 7) is 6.39. The number of nitrogens with zero attached hydrogens (tertiary/aromatic N) is 4. The van der Waals surface area contributed by atoms with E-state index in [-0.39, 0.29) is 23.4 Å². The molecule has 0 unspecified atom stereocenters. The predicted molar refractivity (Wildman–Crippen MR) is 130 cm³/mol. The van der Waals surface area contributed by atoms with Crippen LogP contribution in [-0.4, -0.2) is 47.0 Å². The van der Waals surface area contributed by atoms with Gasteiger partial charge in [0, 0.05) is 50.0 Å². The number of rotatable bonds is 5. The van der Waals surface area contributed by atoms with E-state index in [1.54, 1.807) is 19.1 Å². The predicted octanol–water partition coefficient (Wildman–Crippen LogP) is 4.92. The molecule has 1 saturated heterocycles. The quantitative estimate of drug-likeness (QED) is 0.563. The summed E-state index contributed by atoms with van der Waals surface area (Å²) in [5.74, 6) is -1.79. The Morgan fingerprint density at radius 3 is 2.46 bits per heavy atom. The average Bonchev–Trinajstić information content (AvgIpc) is 3.25. The zero-order valence-electron chi connectivity index (χ0n) is 19.5. The number of hydrogen-bond acceptors (Lipinski definition) is 6. The van der Waals surface area contributed by atoms with Crippen molar-refractivity contribution in [2.75, 3.05) is 36.4 Å². The minimum atomic E-state index is -0.816. The first kappa shape index (κ1) is 22.8. The van der Waals surface area contributed by atoms with Crippen LogP contribution >= 0.6 is 0 Å². The second-order valence-electron chi connectivity index (χ2n) is 8.73. The molecule has 2 aliphatic rings. The molecule has 0 atom stereocenters. The van der Waals surface area contributed by atoms with Crippen molar-refractivity contribution < 1.29 is 18.3 Å². The Labute approximate surface area is 202 Å². The van der Waals surface area contributed by atoms with Crippen LogP contribution in [0.3, 0.4) is 0 Å². The molecule has 1 aliphatic heterocycles. The van der Waals surface area contributed by atoms with Crippen molar-refractivity contribution in [3.63, 3.8) is 0 Å². The number of aromatic nitrogens is 2. The van der Waals surface area contributed by atoms with E-state index in [9.17, 15) is 9.18 Å². The largest absolute Gasteiger partial charge is 0.433 e. The molecule has 35 heavy (non-hydrogen) atoms. The van der Waals surface area contributed by atoms with E-state index in [2.05, 4.69) is 20.2 Å². The van der Waals surface area contributed by atoms with Gasteiger partial charge in [-0.15, -0.1) is 0 Å². The Hall–Kier alpha value is -4.01. The van der Waals surface area contributed by atoms with Crippen LogP contribution in [0.4, 0.5) is 26.0 Å². The number of halogens is 2. The van der Waals surface area contributed by atoms with Gasteiger partial charge < -0.3 is 19.9 Å². The molecule has 2 heterocycles. The molecule has 0 saturated carbocycles. The molecule has 1 amide bonds. The highest BCUT2D eigenvalue weighted by atomic mass is 19.1. The summed E-state index contributed by atoms with van der Waals surface area (Å²) in [5.41, 5.74) is 4.05. The van der Waals surface area contributed by atoms with Gasteiger partial charge in [-0.3, -0.25) is 4.79 Å². The molecule has 2 aromatic carbocycles. The smallest absolute Gasteiger partial charge is 0.261 e. The number of hydrogen-bond donors (Lipinski definition) is 1. The Morgan fingerprint density at radius 1 is 1.00 bits per heavy atom. The van der Waals surface area contributed by atoms with Gasteiger partial charge >= 0.3 is 0 Å². The molecule has 1 aliphatic carbocycles. The van der Waals surface area contributed by atoms with Gasteiger partial charge in [-0.2, -0.15) is 9.37 Å². The summed E-state index contributed by atoms with van der Waals surface area (Å²) in [7, 11) is 0. The number of allylic oxidation sites excluding steroid dienone is 1. The number of anilines is 3. The summed E-state index contributed by atoms with van der Waals surface area (Å²) in [4.78, 5) is 23.4. The van der Waals surface area contributed by atoms with Gasteiger partial charge in [0.15, 0.2) is 17.4 Å². The third kappa shape index (κ3) is 4.66. The van der Waals surface area contributed by atoms with E-state index in [1.165, 1.54) is 12.4 Å². The van der Waals surface area contributed by atoms with Crippen LogP contribution in [-0.2, 0) is 11.2 Å². The molecule has 5 rings (SSSR count). The molecule has 1 fully saturated rings. The van der Waals surface area contributed by atoms with E-state index >= 15 is 4.39 Å². The number of piperazine rings is 1. The lowest BCUT2D eigenvalue weighted by atomic mass is 10.1. The molecular weight excluding hydrogens is 452 g/mol. The fourth-order valence-corrected chi connectivity index (χ4v) is 4.39. The van der Waals surface area contributed by atoms with E-state index in [0.717, 1.165) is 29.9 Å². The molecule has 0 radical (unpaired) electrons. The monoisotopic (exact) mass is 477 g/mol. The third-order valence-electron chi connectivity index (χ3n) is 6.28. The topological polar surface area (TPSA) is 70.6 Å². The lowest BCUT2D eigenvalue weighted by Crippen LogP contribution is -2.48. The maximum atomic E-state index is 15.1. The van der Waals surface area contributed by atoms with Crippen LogP contribution < -0.4 is 15.0 Å². The SMILES string of the molecule is CC(=O)N1CCN(c2ccc(Nc3ncnc(Oc4ccc5c(c4F)C=C(C)C5)c3F)cc2)CC1. The molecule has 7 nitrogen and oxygen atoms in total. The average molecular weight is 478 g/mol. The Balaban J connectivity index is 1.28. The first-order chi connectivity index (χ1) is 16.9. The van der Waals surface area contributed by atoms with Gasteiger partial charge in [0.2, 0.25) is 11.7 Å². The molecule has 0 spiro atoms. The molecule has 180 valence electrons. The Morgan fingerprint density at radius 2 is 1.74 bits per heavy atom. The van der Waals surface area contributed by atoms with Crippen molar-refractivity contribution in [3.05, 3.63) is 71.1 Å². The van der Waals surface area contributed by atoms with Gasteiger partial charge in [0.1, 0.15) is 6.33 Å². The molecule has 1 aromatic heterocycles. The highest BCUT2D eigenvalue weighted by molar-refractivity contribution is 5.73. The summed E-state index contributed by atoms with van der Waals surface area (Å²) in [6.07, 6.45) is 3.63. The van der Waals surface area contributed by atoms with Crippen LogP contribution in [0.25, 0.3) is 6.08 Å². The lowest BCUT2D eigenvalue weighted by Gasteiger charge is -2.35. The lowest BCUT2D eigenvalue weighted by molar-refractivity contribution is -0.129. The van der Waals surface area contributed by atoms with Crippen molar-refractivity contribution in [2.45, 2.75) is 20.3 Å². The summed E-state index contributed by atoms with van der Waals surface area (Å²) in [6, 6.07) is 10.8. The number of amides is 1. The van der Waals surface area contributed by atoms with Crippen LogP contribution in [0.1, 0.15) is 25.0 Å². The van der Waals surface area contributed by atoms with E-state index in [4.69, 9.17) is 4.74 Å². The number of nitrogens with one attached hydrogen (secondary N) is 1. The molecule has 9 heteroatoms. The molecular formula is C26H25F2N5O2. The normalized spacial score (nSPS) is 15.0. The highest BCUT2D eigenvalue weighted by Gasteiger charge is 2.21. The van der Waals surface area contributed by atoms with Gasteiger partial charge in [0.05, 0.1) is 0 Å². The van der Waals surface area contributed by atoms with E-state index in [0.29, 0.717) is 30.8 Å². The number of fused-ring (bicyclic) bond motifs is 1. The van der Waals surface area contributed by atoms with Gasteiger partial charge in [-0.05, 0) is 49.2 Å². The first-order valence-corrected chi connectivity index (χ1v) is 11.4. The summed E-state index contributed by atoms with van der Waals surface area (Å²) >= 11 is 0. The zero-order valence-corrected chi connectivity index (χ0v) is 19.5. The van der Waals surface area contributed by atoms with Gasteiger partial charge in [0.25, 0.3) is 5.88 Å². The number of carbonyl (C=O) groups is 1. The molecule has 0 bridgehead atoms. The van der Waals surface area contributed by atoms with Crippen molar-refractivity contribution in [2.24, 2.45) is 0 Å². The summed E-state index contributed by atoms with van der Waals surface area (Å²) < 4.78 is 35.5. The Bertz CT molecular complexity index is 1300. The van der Waals surface area contributed by atoms with Crippen LogP contribution in [0.2, 0.25) is 0 Å². The number of ether oxygens (including phenoxy) is 1. The van der Waals surface area contributed by atoms with Crippen LogP contribution in [0.15, 0.2) is 48.3 Å². The molecule has 1 N–H and O–H groups in total. The second kappa shape index (κ2) is 9.32. The third-order valence-corrected chi connectivity index (χ3v) is 6.28. The van der Waals surface area contributed by atoms with Crippen molar-refractivity contribution >= 4 is 29.2 Å². The minimum absolute atomic E-state index is 0.0740.